The summed E-state index contributed by atoms with van der Waals surface area (Å²) in [6.45, 7) is 6.05. The Labute approximate surface area is 84.9 Å². The summed E-state index contributed by atoms with van der Waals surface area (Å²) in [6, 6.07) is 0.257. The summed E-state index contributed by atoms with van der Waals surface area (Å²) < 4.78 is 5.22. The lowest BCUT2D eigenvalue weighted by Gasteiger charge is -2.23. The molecule has 0 aromatic rings. The minimum atomic E-state index is 0.113. The van der Waals surface area contributed by atoms with Gasteiger partial charge in [-0.05, 0) is 6.42 Å². The lowest BCUT2D eigenvalue weighted by Crippen LogP contribution is -2.42. The van der Waals surface area contributed by atoms with Gasteiger partial charge in [0.1, 0.15) is 0 Å². The van der Waals surface area contributed by atoms with E-state index in [1.807, 2.05) is 7.05 Å². The average molecular weight is 198 g/mol. The molecule has 1 aliphatic heterocycles. The molecular weight excluding hydrogens is 180 g/mol. The molecule has 1 rings (SSSR count). The van der Waals surface area contributed by atoms with E-state index in [2.05, 4.69) is 11.9 Å². The standard InChI is InChI=1S/C10H18N2O2/c1-3-5-11-7-10(13)12(2)9-4-6-14-8-9/h3,9,11H,1,4-8H2,2H3. The number of carbonyl (C=O) groups excluding carboxylic acids is 1. The maximum Gasteiger partial charge on any atom is 0.236 e. The Morgan fingerprint density at radius 1 is 1.79 bits per heavy atom. The molecule has 80 valence electrons. The van der Waals surface area contributed by atoms with E-state index < -0.39 is 0 Å². The van der Waals surface area contributed by atoms with Crippen LogP contribution in [-0.4, -0.2) is 50.2 Å². The van der Waals surface area contributed by atoms with Gasteiger partial charge in [0, 0.05) is 20.2 Å². The van der Waals surface area contributed by atoms with Crippen LogP contribution in [0.3, 0.4) is 0 Å². The van der Waals surface area contributed by atoms with Crippen LogP contribution in [0.4, 0.5) is 0 Å². The summed E-state index contributed by atoms with van der Waals surface area (Å²) in [4.78, 5) is 13.3. The number of carbonyl (C=O) groups is 1. The Morgan fingerprint density at radius 2 is 2.57 bits per heavy atom. The largest absolute Gasteiger partial charge is 0.379 e. The zero-order valence-electron chi connectivity index (χ0n) is 8.66. The number of nitrogens with zero attached hydrogens (tertiary/aromatic N) is 1. The molecule has 0 bridgehead atoms. The summed E-state index contributed by atoms with van der Waals surface area (Å²) in [5.74, 6) is 0.113. The maximum absolute atomic E-state index is 11.6. The van der Waals surface area contributed by atoms with Gasteiger partial charge in [0.05, 0.1) is 19.2 Å². The van der Waals surface area contributed by atoms with Gasteiger partial charge in [0.25, 0.3) is 0 Å². The molecule has 1 amide bonds. The quantitative estimate of drug-likeness (QED) is 0.500. The zero-order chi connectivity index (χ0) is 10.4. The molecule has 0 aromatic carbocycles. The molecule has 0 spiro atoms. The third kappa shape index (κ3) is 3.12. The summed E-state index contributed by atoms with van der Waals surface area (Å²) in [5.41, 5.74) is 0. The van der Waals surface area contributed by atoms with Gasteiger partial charge in [-0.1, -0.05) is 6.08 Å². The molecule has 0 aromatic heterocycles. The van der Waals surface area contributed by atoms with Crippen molar-refractivity contribution in [2.24, 2.45) is 0 Å². The molecule has 1 aliphatic rings. The Bertz CT molecular complexity index is 200. The average Bonchev–Trinajstić information content (AvgIpc) is 2.69. The predicted octanol–water partition coefficient (Wildman–Crippen LogP) is 0.00930. The van der Waals surface area contributed by atoms with Crippen LogP contribution < -0.4 is 5.32 Å². The maximum atomic E-state index is 11.6. The first-order valence-corrected chi connectivity index (χ1v) is 4.90. The second-order valence-electron chi connectivity index (χ2n) is 3.44. The van der Waals surface area contributed by atoms with Crippen molar-refractivity contribution in [3.63, 3.8) is 0 Å². The van der Waals surface area contributed by atoms with Gasteiger partial charge in [-0.3, -0.25) is 4.79 Å². The van der Waals surface area contributed by atoms with E-state index in [0.717, 1.165) is 13.0 Å². The van der Waals surface area contributed by atoms with Crippen LogP contribution in [0.25, 0.3) is 0 Å². The fourth-order valence-corrected chi connectivity index (χ4v) is 1.44. The van der Waals surface area contributed by atoms with Crippen molar-refractivity contribution in [1.29, 1.82) is 0 Å². The fraction of sp³-hybridized carbons (Fsp3) is 0.700. The molecule has 0 aliphatic carbocycles. The topological polar surface area (TPSA) is 41.6 Å². The first-order valence-electron chi connectivity index (χ1n) is 4.90. The highest BCUT2D eigenvalue weighted by molar-refractivity contribution is 5.78. The van der Waals surface area contributed by atoms with Crippen LogP contribution in [0.15, 0.2) is 12.7 Å². The zero-order valence-corrected chi connectivity index (χ0v) is 8.66. The van der Waals surface area contributed by atoms with Crippen LogP contribution in [0.2, 0.25) is 0 Å². The molecule has 4 heteroatoms. The number of amides is 1. The summed E-state index contributed by atoms with van der Waals surface area (Å²) in [6.07, 6.45) is 2.69. The second kappa shape index (κ2) is 5.78. The normalized spacial score (nSPS) is 20.8. The minimum absolute atomic E-state index is 0.113. The molecule has 1 fully saturated rings. The number of nitrogens with one attached hydrogen (secondary N) is 1. The molecule has 0 saturated carbocycles. The lowest BCUT2D eigenvalue weighted by atomic mass is 10.2. The first kappa shape index (κ1) is 11.2. The van der Waals surface area contributed by atoms with Gasteiger partial charge in [-0.25, -0.2) is 0 Å². The van der Waals surface area contributed by atoms with E-state index in [4.69, 9.17) is 4.74 Å². The van der Waals surface area contributed by atoms with E-state index >= 15 is 0 Å². The Morgan fingerprint density at radius 3 is 3.14 bits per heavy atom. The highest BCUT2D eigenvalue weighted by Crippen LogP contribution is 2.10. The van der Waals surface area contributed by atoms with E-state index in [0.29, 0.717) is 19.7 Å². The van der Waals surface area contributed by atoms with Crippen LogP contribution in [-0.2, 0) is 9.53 Å². The molecule has 1 N–H and O–H groups in total. The van der Waals surface area contributed by atoms with Crippen molar-refractivity contribution >= 4 is 5.91 Å². The number of ether oxygens (including phenoxy) is 1. The molecule has 1 unspecified atom stereocenters. The van der Waals surface area contributed by atoms with Gasteiger partial charge in [-0.15, -0.1) is 6.58 Å². The minimum Gasteiger partial charge on any atom is -0.379 e. The third-order valence-corrected chi connectivity index (χ3v) is 2.41. The molecule has 1 atom stereocenters. The third-order valence-electron chi connectivity index (χ3n) is 2.41. The van der Waals surface area contributed by atoms with Gasteiger partial charge < -0.3 is 15.0 Å². The van der Waals surface area contributed by atoms with Gasteiger partial charge in [-0.2, -0.15) is 0 Å². The molecule has 1 heterocycles. The number of hydrogen-bond acceptors (Lipinski definition) is 3. The van der Waals surface area contributed by atoms with E-state index in [1.165, 1.54) is 0 Å². The second-order valence-corrected chi connectivity index (χ2v) is 3.44. The van der Waals surface area contributed by atoms with Gasteiger partial charge >= 0.3 is 0 Å². The van der Waals surface area contributed by atoms with Crippen LogP contribution >= 0.6 is 0 Å². The summed E-state index contributed by atoms with van der Waals surface area (Å²) >= 11 is 0. The Balaban J connectivity index is 2.24. The predicted molar refractivity (Wildman–Crippen MR) is 55.1 cm³/mol. The van der Waals surface area contributed by atoms with Gasteiger partial charge in [0.2, 0.25) is 5.91 Å². The molecular formula is C10H18N2O2. The van der Waals surface area contributed by atoms with Crippen molar-refractivity contribution in [2.75, 3.05) is 33.4 Å². The van der Waals surface area contributed by atoms with Crippen LogP contribution in [0.5, 0.6) is 0 Å². The van der Waals surface area contributed by atoms with E-state index in [1.54, 1.807) is 11.0 Å². The van der Waals surface area contributed by atoms with E-state index in [9.17, 15) is 4.79 Å². The number of rotatable bonds is 5. The van der Waals surface area contributed by atoms with Gasteiger partial charge in [0.15, 0.2) is 0 Å². The summed E-state index contributed by atoms with van der Waals surface area (Å²) in [7, 11) is 1.83. The van der Waals surface area contributed by atoms with Crippen molar-refractivity contribution in [1.82, 2.24) is 10.2 Å². The molecule has 1 saturated heterocycles. The van der Waals surface area contributed by atoms with Crippen molar-refractivity contribution < 1.29 is 9.53 Å². The fourth-order valence-electron chi connectivity index (χ4n) is 1.44. The van der Waals surface area contributed by atoms with Crippen molar-refractivity contribution in [2.45, 2.75) is 12.5 Å². The van der Waals surface area contributed by atoms with Crippen molar-refractivity contribution in [3.8, 4) is 0 Å². The Hall–Kier alpha value is -0.870. The lowest BCUT2D eigenvalue weighted by molar-refractivity contribution is -0.130. The highest BCUT2D eigenvalue weighted by Gasteiger charge is 2.23. The smallest absolute Gasteiger partial charge is 0.236 e. The number of likely N-dealkylation sites (N-methyl/N-ethyl adjacent to an activating group) is 1. The molecule has 14 heavy (non-hydrogen) atoms. The Kier molecular flexibility index (Phi) is 4.62. The monoisotopic (exact) mass is 198 g/mol. The summed E-state index contributed by atoms with van der Waals surface area (Å²) in [5, 5.41) is 2.99. The number of hydrogen-bond donors (Lipinski definition) is 1. The van der Waals surface area contributed by atoms with Crippen LogP contribution in [0, 0.1) is 0 Å². The van der Waals surface area contributed by atoms with E-state index in [-0.39, 0.29) is 11.9 Å². The van der Waals surface area contributed by atoms with Crippen LogP contribution in [0.1, 0.15) is 6.42 Å². The first-order chi connectivity index (χ1) is 6.75. The van der Waals surface area contributed by atoms with Crippen molar-refractivity contribution in [3.05, 3.63) is 12.7 Å². The highest BCUT2D eigenvalue weighted by atomic mass is 16.5. The molecule has 0 radical (unpaired) electrons. The molecule has 4 nitrogen and oxygen atoms in total. The SMILES string of the molecule is C=CCNCC(=O)N(C)C1CCOC1.